The summed E-state index contributed by atoms with van der Waals surface area (Å²) in [7, 11) is 0. The molecule has 144 valence electrons. The van der Waals surface area contributed by atoms with Crippen molar-refractivity contribution < 1.29 is 19.2 Å². The highest BCUT2D eigenvalue weighted by molar-refractivity contribution is 9.10. The average molecular weight is 438 g/mol. The summed E-state index contributed by atoms with van der Waals surface area (Å²) in [6.45, 7) is 4.26. The molecule has 2 aromatic rings. The molecular formula is C18H20BrN3O5. The van der Waals surface area contributed by atoms with Gasteiger partial charge in [0.2, 0.25) is 0 Å². The van der Waals surface area contributed by atoms with Crippen molar-refractivity contribution in [3.63, 3.8) is 0 Å². The van der Waals surface area contributed by atoms with Crippen LogP contribution in [-0.2, 0) is 6.54 Å². The number of halogens is 1. The molecule has 0 atom stereocenters. The van der Waals surface area contributed by atoms with Crippen LogP contribution in [0.3, 0.4) is 0 Å². The van der Waals surface area contributed by atoms with Crippen molar-refractivity contribution in [2.75, 3.05) is 18.5 Å². The highest BCUT2D eigenvalue weighted by atomic mass is 79.9. The maximum Gasteiger partial charge on any atom is 0.319 e. The van der Waals surface area contributed by atoms with Gasteiger partial charge in [0, 0.05) is 22.3 Å². The zero-order valence-corrected chi connectivity index (χ0v) is 16.5. The zero-order chi connectivity index (χ0) is 19.8. The van der Waals surface area contributed by atoms with Crippen LogP contribution in [0.2, 0.25) is 0 Å². The number of carbonyl (C=O) groups is 1. The van der Waals surface area contributed by atoms with Gasteiger partial charge in [-0.15, -0.1) is 0 Å². The molecule has 9 heteroatoms. The van der Waals surface area contributed by atoms with Crippen molar-refractivity contribution in [1.29, 1.82) is 0 Å². The number of amides is 2. The molecule has 0 heterocycles. The van der Waals surface area contributed by atoms with Crippen LogP contribution in [0.25, 0.3) is 0 Å². The van der Waals surface area contributed by atoms with E-state index in [9.17, 15) is 14.9 Å². The van der Waals surface area contributed by atoms with Crippen LogP contribution in [0, 0.1) is 10.1 Å². The Morgan fingerprint density at radius 3 is 2.33 bits per heavy atom. The Morgan fingerprint density at radius 2 is 1.74 bits per heavy atom. The predicted molar refractivity (Wildman–Crippen MR) is 105 cm³/mol. The Bertz CT molecular complexity index is 811. The normalized spacial score (nSPS) is 10.2. The lowest BCUT2D eigenvalue weighted by Crippen LogP contribution is -2.28. The lowest BCUT2D eigenvalue weighted by Gasteiger charge is -2.14. The Morgan fingerprint density at radius 1 is 1.11 bits per heavy atom. The van der Waals surface area contributed by atoms with Crippen molar-refractivity contribution in [1.82, 2.24) is 5.32 Å². The van der Waals surface area contributed by atoms with E-state index in [-0.39, 0.29) is 24.6 Å². The SMILES string of the molecule is CCOc1cc([N+](=O)[O-])c(OCC)cc1CNC(=O)Nc1ccc(Br)cc1. The number of carbonyl (C=O) groups excluding carboxylic acids is 1. The number of benzene rings is 2. The molecule has 2 amide bonds. The zero-order valence-electron chi connectivity index (χ0n) is 15.0. The van der Waals surface area contributed by atoms with E-state index in [1.54, 1.807) is 26.0 Å². The van der Waals surface area contributed by atoms with E-state index >= 15 is 0 Å². The molecule has 0 unspecified atom stereocenters. The van der Waals surface area contributed by atoms with Gasteiger partial charge in [0.1, 0.15) is 5.75 Å². The number of urea groups is 1. The van der Waals surface area contributed by atoms with Crippen LogP contribution in [0.5, 0.6) is 11.5 Å². The fourth-order valence-electron chi connectivity index (χ4n) is 2.32. The minimum atomic E-state index is -0.523. The van der Waals surface area contributed by atoms with E-state index in [1.165, 1.54) is 12.1 Å². The minimum Gasteiger partial charge on any atom is -0.493 e. The summed E-state index contributed by atoms with van der Waals surface area (Å²) < 4.78 is 11.8. The van der Waals surface area contributed by atoms with Crippen molar-refractivity contribution in [3.05, 3.63) is 56.5 Å². The quantitative estimate of drug-likeness (QED) is 0.468. The summed E-state index contributed by atoms with van der Waals surface area (Å²) >= 11 is 3.33. The summed E-state index contributed by atoms with van der Waals surface area (Å²) in [6, 6.07) is 9.57. The van der Waals surface area contributed by atoms with Gasteiger partial charge in [0.05, 0.1) is 24.2 Å². The lowest BCUT2D eigenvalue weighted by molar-refractivity contribution is -0.385. The largest absolute Gasteiger partial charge is 0.493 e. The molecule has 2 rings (SSSR count). The molecule has 0 saturated carbocycles. The highest BCUT2D eigenvalue weighted by Crippen LogP contribution is 2.34. The van der Waals surface area contributed by atoms with Gasteiger partial charge >= 0.3 is 11.7 Å². The number of hydrogen-bond acceptors (Lipinski definition) is 5. The summed E-state index contributed by atoms with van der Waals surface area (Å²) in [5.74, 6) is 0.465. The molecule has 27 heavy (non-hydrogen) atoms. The first kappa shape index (κ1) is 20.5. The molecule has 0 aromatic heterocycles. The third-order valence-electron chi connectivity index (χ3n) is 3.48. The van der Waals surface area contributed by atoms with Crippen LogP contribution in [-0.4, -0.2) is 24.2 Å². The van der Waals surface area contributed by atoms with E-state index < -0.39 is 11.0 Å². The van der Waals surface area contributed by atoms with Crippen LogP contribution >= 0.6 is 15.9 Å². The van der Waals surface area contributed by atoms with Crippen LogP contribution in [0.15, 0.2) is 40.9 Å². The molecule has 0 saturated heterocycles. The predicted octanol–water partition coefficient (Wildman–Crippen LogP) is 4.48. The lowest BCUT2D eigenvalue weighted by atomic mass is 10.1. The van der Waals surface area contributed by atoms with Crippen molar-refractivity contribution >= 4 is 33.3 Å². The van der Waals surface area contributed by atoms with Crippen LogP contribution in [0.4, 0.5) is 16.2 Å². The Kier molecular flexibility index (Phi) is 7.42. The molecule has 0 bridgehead atoms. The number of hydrogen-bond donors (Lipinski definition) is 2. The number of rotatable bonds is 8. The molecule has 0 radical (unpaired) electrons. The van der Waals surface area contributed by atoms with E-state index in [4.69, 9.17) is 9.47 Å². The molecule has 0 spiro atoms. The summed E-state index contributed by atoms with van der Waals surface area (Å²) in [5.41, 5.74) is 1.04. The molecular weight excluding hydrogens is 418 g/mol. The Hall–Kier alpha value is -2.81. The average Bonchev–Trinajstić information content (AvgIpc) is 2.63. The van der Waals surface area contributed by atoms with Crippen molar-refractivity contribution in [2.45, 2.75) is 20.4 Å². The molecule has 2 N–H and O–H groups in total. The van der Waals surface area contributed by atoms with Gasteiger partial charge in [-0.3, -0.25) is 10.1 Å². The maximum atomic E-state index is 12.1. The van der Waals surface area contributed by atoms with Gasteiger partial charge < -0.3 is 20.1 Å². The van der Waals surface area contributed by atoms with E-state index in [2.05, 4.69) is 26.6 Å². The highest BCUT2D eigenvalue weighted by Gasteiger charge is 2.20. The molecule has 0 fully saturated rings. The fraction of sp³-hybridized carbons (Fsp3) is 0.278. The second-order valence-electron chi connectivity index (χ2n) is 5.37. The first-order chi connectivity index (χ1) is 12.9. The monoisotopic (exact) mass is 437 g/mol. The number of ether oxygens (including phenoxy) is 2. The smallest absolute Gasteiger partial charge is 0.319 e. The number of nitrogens with zero attached hydrogens (tertiary/aromatic N) is 1. The summed E-state index contributed by atoms with van der Waals surface area (Å²) in [6.07, 6.45) is 0. The minimum absolute atomic E-state index is 0.121. The Balaban J connectivity index is 2.15. The molecule has 0 aliphatic carbocycles. The van der Waals surface area contributed by atoms with Gasteiger partial charge in [-0.05, 0) is 44.2 Å². The van der Waals surface area contributed by atoms with Gasteiger partial charge in [-0.1, -0.05) is 15.9 Å². The topological polar surface area (TPSA) is 103 Å². The number of nitro benzene ring substituents is 1. The van der Waals surface area contributed by atoms with E-state index in [0.717, 1.165) is 4.47 Å². The van der Waals surface area contributed by atoms with Crippen LogP contribution in [0.1, 0.15) is 19.4 Å². The molecule has 8 nitrogen and oxygen atoms in total. The van der Waals surface area contributed by atoms with E-state index in [0.29, 0.717) is 23.6 Å². The second kappa shape index (κ2) is 9.77. The maximum absolute atomic E-state index is 12.1. The molecule has 0 aliphatic rings. The molecule has 0 aliphatic heterocycles. The standard InChI is InChI=1S/C18H20BrN3O5/c1-3-26-16-10-15(22(24)25)17(27-4-2)9-12(16)11-20-18(23)21-14-7-5-13(19)6-8-14/h5-10H,3-4,11H2,1-2H3,(H2,20,21,23). The number of anilines is 1. The van der Waals surface area contributed by atoms with Gasteiger partial charge in [-0.25, -0.2) is 4.79 Å². The first-order valence-corrected chi connectivity index (χ1v) is 9.11. The van der Waals surface area contributed by atoms with Gasteiger partial charge in [-0.2, -0.15) is 0 Å². The second-order valence-corrected chi connectivity index (χ2v) is 6.28. The first-order valence-electron chi connectivity index (χ1n) is 8.31. The van der Waals surface area contributed by atoms with Crippen molar-refractivity contribution in [3.8, 4) is 11.5 Å². The van der Waals surface area contributed by atoms with Gasteiger partial charge in [0.25, 0.3) is 0 Å². The van der Waals surface area contributed by atoms with E-state index in [1.807, 2.05) is 12.1 Å². The van der Waals surface area contributed by atoms with Crippen LogP contribution < -0.4 is 20.1 Å². The van der Waals surface area contributed by atoms with Gasteiger partial charge in [0.15, 0.2) is 5.75 Å². The Labute approximate surface area is 165 Å². The summed E-state index contributed by atoms with van der Waals surface area (Å²) in [5, 5.41) is 16.7. The number of nitro groups is 1. The fourth-order valence-corrected chi connectivity index (χ4v) is 2.58. The third-order valence-corrected chi connectivity index (χ3v) is 4.01. The summed E-state index contributed by atoms with van der Waals surface area (Å²) in [4.78, 5) is 22.8. The molecule has 2 aromatic carbocycles. The number of nitrogens with one attached hydrogen (secondary N) is 2. The third kappa shape index (κ3) is 5.85. The van der Waals surface area contributed by atoms with Crippen molar-refractivity contribution in [2.24, 2.45) is 0 Å².